The first-order valence-corrected chi connectivity index (χ1v) is 10.2. The third kappa shape index (κ3) is 4.05. The minimum absolute atomic E-state index is 0.0438. The highest BCUT2D eigenvalue weighted by Crippen LogP contribution is 2.21. The molecule has 0 aliphatic rings. The topological polar surface area (TPSA) is 103 Å². The van der Waals surface area contributed by atoms with Gasteiger partial charge in [-0.3, -0.25) is 4.57 Å². The normalized spacial score (nSPS) is 11.6. The molecule has 1 N–H and O–H groups in total. The number of benzene rings is 2. The SMILES string of the molecule is Cn1c(=O)oc2ccc(S(=O)(=O)NCc3cccc(Oc4ccccn4)c3)cc21. The lowest BCUT2D eigenvalue weighted by molar-refractivity contribution is 0.462. The summed E-state index contributed by atoms with van der Waals surface area (Å²) in [5.41, 5.74) is 1.46. The molecule has 0 fully saturated rings. The van der Waals surface area contributed by atoms with Crippen LogP contribution < -0.4 is 15.2 Å². The molecule has 2 heterocycles. The lowest BCUT2D eigenvalue weighted by atomic mass is 10.2. The molecule has 0 radical (unpaired) electrons. The summed E-state index contributed by atoms with van der Waals surface area (Å²) in [6.07, 6.45) is 1.62. The molecule has 2 aromatic heterocycles. The van der Waals surface area contributed by atoms with E-state index in [2.05, 4.69) is 9.71 Å². The average molecular weight is 411 g/mol. The fraction of sp³-hybridized carbons (Fsp3) is 0.100. The Morgan fingerprint density at radius 1 is 1.10 bits per heavy atom. The molecule has 0 spiro atoms. The Bertz CT molecular complexity index is 1330. The van der Waals surface area contributed by atoms with Crippen molar-refractivity contribution in [2.45, 2.75) is 11.4 Å². The maximum absolute atomic E-state index is 12.7. The van der Waals surface area contributed by atoms with E-state index in [1.54, 1.807) is 42.6 Å². The lowest BCUT2D eigenvalue weighted by Gasteiger charge is -2.09. The fourth-order valence-corrected chi connectivity index (χ4v) is 3.82. The van der Waals surface area contributed by atoms with Crippen molar-refractivity contribution in [1.29, 1.82) is 0 Å². The number of nitrogens with zero attached hydrogens (tertiary/aromatic N) is 2. The quantitative estimate of drug-likeness (QED) is 0.523. The predicted octanol–water partition coefficient (Wildman–Crippen LogP) is 2.80. The summed E-state index contributed by atoms with van der Waals surface area (Å²) in [5, 5.41) is 0. The van der Waals surface area contributed by atoms with Crippen molar-refractivity contribution in [3.05, 3.63) is 83.0 Å². The summed E-state index contributed by atoms with van der Waals surface area (Å²) in [6, 6.07) is 16.7. The highest BCUT2D eigenvalue weighted by molar-refractivity contribution is 7.89. The smallest absolute Gasteiger partial charge is 0.419 e. The highest BCUT2D eigenvalue weighted by Gasteiger charge is 2.17. The minimum Gasteiger partial charge on any atom is -0.439 e. The molecular weight excluding hydrogens is 394 g/mol. The monoisotopic (exact) mass is 411 g/mol. The van der Waals surface area contributed by atoms with Gasteiger partial charge in [0.15, 0.2) is 5.58 Å². The third-order valence-corrected chi connectivity index (χ3v) is 5.70. The first-order valence-electron chi connectivity index (χ1n) is 8.69. The molecule has 9 heteroatoms. The van der Waals surface area contributed by atoms with Gasteiger partial charge in [0.2, 0.25) is 15.9 Å². The number of hydrogen-bond acceptors (Lipinski definition) is 6. The van der Waals surface area contributed by atoms with Crippen LogP contribution in [0.1, 0.15) is 5.56 Å². The largest absolute Gasteiger partial charge is 0.439 e. The molecule has 0 aliphatic heterocycles. The van der Waals surface area contributed by atoms with Crippen LogP contribution in [-0.4, -0.2) is 18.0 Å². The van der Waals surface area contributed by atoms with Crippen LogP contribution in [0.5, 0.6) is 11.6 Å². The summed E-state index contributed by atoms with van der Waals surface area (Å²) >= 11 is 0. The molecule has 0 saturated carbocycles. The molecule has 0 saturated heterocycles. The zero-order valence-electron chi connectivity index (χ0n) is 15.4. The van der Waals surface area contributed by atoms with Crippen LogP contribution >= 0.6 is 0 Å². The summed E-state index contributed by atoms with van der Waals surface area (Å²) in [6.45, 7) is 0.0735. The van der Waals surface area contributed by atoms with Gasteiger partial charge in [-0.05, 0) is 42.0 Å². The first kappa shape index (κ1) is 18.9. The number of rotatable bonds is 6. The van der Waals surface area contributed by atoms with Crippen molar-refractivity contribution >= 4 is 21.1 Å². The Morgan fingerprint density at radius 3 is 2.76 bits per heavy atom. The Labute approximate surface area is 166 Å². The van der Waals surface area contributed by atoms with E-state index in [1.807, 2.05) is 6.07 Å². The van der Waals surface area contributed by atoms with Crippen molar-refractivity contribution in [3.8, 4) is 11.6 Å². The number of aryl methyl sites for hydroxylation is 1. The van der Waals surface area contributed by atoms with Gasteiger partial charge in [0.05, 0.1) is 10.4 Å². The van der Waals surface area contributed by atoms with Crippen LogP contribution in [0.25, 0.3) is 11.1 Å². The van der Waals surface area contributed by atoms with Gasteiger partial charge in [-0.1, -0.05) is 18.2 Å². The van der Waals surface area contributed by atoms with Crippen LogP contribution in [0.15, 0.2) is 81.0 Å². The highest BCUT2D eigenvalue weighted by atomic mass is 32.2. The second-order valence-electron chi connectivity index (χ2n) is 6.30. The van der Waals surface area contributed by atoms with Gasteiger partial charge in [0.1, 0.15) is 5.75 Å². The minimum atomic E-state index is -3.79. The molecule has 4 rings (SSSR count). The van der Waals surface area contributed by atoms with E-state index in [0.29, 0.717) is 22.7 Å². The van der Waals surface area contributed by atoms with E-state index < -0.39 is 15.8 Å². The van der Waals surface area contributed by atoms with Gasteiger partial charge < -0.3 is 9.15 Å². The second-order valence-corrected chi connectivity index (χ2v) is 8.07. The number of oxazole rings is 1. The fourth-order valence-electron chi connectivity index (χ4n) is 2.78. The number of ether oxygens (including phenoxy) is 1. The van der Waals surface area contributed by atoms with Crippen LogP contribution in [0, 0.1) is 0 Å². The van der Waals surface area contributed by atoms with Gasteiger partial charge >= 0.3 is 5.76 Å². The molecule has 4 aromatic rings. The van der Waals surface area contributed by atoms with E-state index >= 15 is 0 Å². The second kappa shape index (κ2) is 7.53. The Kier molecular flexibility index (Phi) is 4.91. The summed E-state index contributed by atoms with van der Waals surface area (Å²) in [4.78, 5) is 15.7. The van der Waals surface area contributed by atoms with E-state index in [-0.39, 0.29) is 11.4 Å². The van der Waals surface area contributed by atoms with E-state index in [9.17, 15) is 13.2 Å². The maximum Gasteiger partial charge on any atom is 0.419 e. The van der Waals surface area contributed by atoms with E-state index in [1.165, 1.54) is 29.8 Å². The predicted molar refractivity (Wildman–Crippen MR) is 106 cm³/mol. The van der Waals surface area contributed by atoms with Crippen molar-refractivity contribution in [2.75, 3.05) is 0 Å². The van der Waals surface area contributed by atoms with Crippen LogP contribution in [0.2, 0.25) is 0 Å². The van der Waals surface area contributed by atoms with Gasteiger partial charge in [-0.2, -0.15) is 0 Å². The van der Waals surface area contributed by atoms with Gasteiger partial charge in [-0.15, -0.1) is 0 Å². The molecule has 0 unspecified atom stereocenters. The zero-order chi connectivity index (χ0) is 20.4. The van der Waals surface area contributed by atoms with Crippen molar-refractivity contribution < 1.29 is 17.6 Å². The average Bonchev–Trinajstić information content (AvgIpc) is 3.01. The Hall–Kier alpha value is -3.43. The number of hydrogen-bond donors (Lipinski definition) is 1. The zero-order valence-corrected chi connectivity index (χ0v) is 16.2. The van der Waals surface area contributed by atoms with Crippen LogP contribution in [0.4, 0.5) is 0 Å². The molecule has 0 aliphatic carbocycles. The molecule has 0 amide bonds. The van der Waals surface area contributed by atoms with Crippen LogP contribution in [-0.2, 0) is 23.6 Å². The number of aromatic nitrogens is 2. The number of pyridine rings is 1. The number of fused-ring (bicyclic) bond motifs is 1. The van der Waals surface area contributed by atoms with Crippen molar-refractivity contribution in [3.63, 3.8) is 0 Å². The third-order valence-electron chi connectivity index (χ3n) is 4.30. The summed E-state index contributed by atoms with van der Waals surface area (Å²) < 4.78 is 39.9. The number of nitrogens with one attached hydrogen (secondary N) is 1. The molecular formula is C20H17N3O5S. The standard InChI is InChI=1S/C20H17N3O5S/c1-23-17-12-16(8-9-18(17)28-20(23)24)29(25,26)22-13-14-5-4-6-15(11-14)27-19-7-2-3-10-21-19/h2-12,22H,13H2,1H3. The van der Waals surface area contributed by atoms with Crippen LogP contribution in [0.3, 0.4) is 0 Å². The van der Waals surface area contributed by atoms with Gasteiger partial charge in [0.25, 0.3) is 0 Å². The molecule has 2 aromatic carbocycles. The van der Waals surface area contributed by atoms with E-state index in [0.717, 1.165) is 5.56 Å². The lowest BCUT2D eigenvalue weighted by Crippen LogP contribution is -2.23. The number of sulfonamides is 1. The van der Waals surface area contributed by atoms with Gasteiger partial charge in [0, 0.05) is 25.9 Å². The molecule has 148 valence electrons. The van der Waals surface area contributed by atoms with Crippen molar-refractivity contribution in [2.24, 2.45) is 7.05 Å². The maximum atomic E-state index is 12.7. The molecule has 8 nitrogen and oxygen atoms in total. The Balaban J connectivity index is 1.51. The summed E-state index contributed by atoms with van der Waals surface area (Å²) in [7, 11) is -2.27. The van der Waals surface area contributed by atoms with Gasteiger partial charge in [-0.25, -0.2) is 22.9 Å². The molecule has 0 bridgehead atoms. The summed E-state index contributed by atoms with van der Waals surface area (Å²) in [5.74, 6) is 0.451. The molecule has 29 heavy (non-hydrogen) atoms. The first-order chi connectivity index (χ1) is 13.9. The van der Waals surface area contributed by atoms with E-state index in [4.69, 9.17) is 9.15 Å². The molecule has 0 atom stereocenters. The Morgan fingerprint density at radius 2 is 1.97 bits per heavy atom. The van der Waals surface area contributed by atoms with Crippen molar-refractivity contribution in [1.82, 2.24) is 14.3 Å².